The topological polar surface area (TPSA) is 62.3 Å². The molecule has 1 spiro atoms. The van der Waals surface area contributed by atoms with Gasteiger partial charge in [-0.3, -0.25) is 4.79 Å². The summed E-state index contributed by atoms with van der Waals surface area (Å²) >= 11 is 0. The molecule has 4 aliphatic rings. The lowest BCUT2D eigenvalue weighted by Gasteiger charge is -2.51. The number of amides is 1. The first-order valence-electron chi connectivity index (χ1n) is 13.7. The third-order valence-corrected chi connectivity index (χ3v) is 9.16. The molecule has 1 amide bonds. The smallest absolute Gasteiger partial charge is 0.410 e. The van der Waals surface area contributed by atoms with Crippen LogP contribution < -0.4 is 9.80 Å². The molecule has 4 fully saturated rings. The summed E-state index contributed by atoms with van der Waals surface area (Å²) in [4.78, 5) is 31.6. The predicted molar refractivity (Wildman–Crippen MR) is 143 cm³/mol. The van der Waals surface area contributed by atoms with Crippen molar-refractivity contribution < 1.29 is 19.1 Å². The van der Waals surface area contributed by atoms with Crippen molar-refractivity contribution in [2.24, 2.45) is 11.3 Å². The van der Waals surface area contributed by atoms with E-state index in [1.807, 2.05) is 35.2 Å². The Hall–Kier alpha value is -3.22. The van der Waals surface area contributed by atoms with Crippen LogP contribution in [-0.2, 0) is 20.9 Å². The Morgan fingerprint density at radius 2 is 1.59 bits per heavy atom. The highest BCUT2D eigenvalue weighted by molar-refractivity contribution is 5.73. The number of methoxy groups -OCH3 is 1. The summed E-state index contributed by atoms with van der Waals surface area (Å²) in [7, 11) is 1.49. The zero-order valence-electron chi connectivity index (χ0n) is 21.7. The maximum Gasteiger partial charge on any atom is 0.410 e. The summed E-state index contributed by atoms with van der Waals surface area (Å²) in [5, 5.41) is 0. The third kappa shape index (κ3) is 4.76. The summed E-state index contributed by atoms with van der Waals surface area (Å²) in [5.74, 6) is 0.0598. The van der Waals surface area contributed by atoms with Crippen LogP contribution in [0.3, 0.4) is 0 Å². The summed E-state index contributed by atoms with van der Waals surface area (Å²) in [6.45, 7) is 3.80. The van der Waals surface area contributed by atoms with E-state index in [0.717, 1.165) is 57.2 Å². The summed E-state index contributed by atoms with van der Waals surface area (Å²) in [6.07, 6.45) is 6.24. The van der Waals surface area contributed by atoms with Crippen molar-refractivity contribution in [1.29, 1.82) is 0 Å². The number of ether oxygens (including phenoxy) is 2. The number of carbonyl (C=O) groups is 2. The van der Waals surface area contributed by atoms with Crippen LogP contribution in [0.1, 0.15) is 44.1 Å². The van der Waals surface area contributed by atoms with Crippen molar-refractivity contribution in [2.45, 2.75) is 57.2 Å². The first-order chi connectivity index (χ1) is 18.0. The van der Waals surface area contributed by atoms with Gasteiger partial charge in [-0.2, -0.15) is 0 Å². The fourth-order valence-corrected chi connectivity index (χ4v) is 7.10. The van der Waals surface area contributed by atoms with Gasteiger partial charge in [0.1, 0.15) is 6.61 Å². The summed E-state index contributed by atoms with van der Waals surface area (Å²) in [6, 6.07) is 19.5. The molecule has 2 atom stereocenters. The number of rotatable bonds is 5. The van der Waals surface area contributed by atoms with Gasteiger partial charge in [-0.25, -0.2) is 4.79 Å². The van der Waals surface area contributed by atoms with E-state index in [2.05, 4.69) is 34.1 Å². The van der Waals surface area contributed by atoms with E-state index >= 15 is 0 Å². The summed E-state index contributed by atoms with van der Waals surface area (Å²) in [5.41, 5.74) is 3.88. The van der Waals surface area contributed by atoms with Crippen LogP contribution in [-0.4, -0.2) is 62.3 Å². The number of hydrogen-bond donors (Lipinski definition) is 0. The van der Waals surface area contributed by atoms with Gasteiger partial charge in [-0.05, 0) is 67.7 Å². The largest absolute Gasteiger partial charge is 0.469 e. The van der Waals surface area contributed by atoms with Crippen LogP contribution in [0.2, 0.25) is 0 Å². The second-order valence-corrected chi connectivity index (χ2v) is 11.4. The van der Waals surface area contributed by atoms with E-state index in [-0.39, 0.29) is 18.0 Å². The molecule has 6 rings (SSSR count). The predicted octanol–water partition coefficient (Wildman–Crippen LogP) is 4.85. The second kappa shape index (κ2) is 9.92. The third-order valence-electron chi connectivity index (χ3n) is 9.16. The van der Waals surface area contributed by atoms with Gasteiger partial charge in [0.2, 0.25) is 0 Å². The Kier molecular flexibility index (Phi) is 6.47. The van der Waals surface area contributed by atoms with E-state index in [9.17, 15) is 9.59 Å². The molecule has 2 bridgehead atoms. The van der Waals surface area contributed by atoms with Crippen molar-refractivity contribution in [3.63, 3.8) is 0 Å². The molecule has 0 N–H and O–H groups in total. The molecule has 3 saturated heterocycles. The molecule has 196 valence electrons. The average Bonchev–Trinajstić information content (AvgIpc) is 3.19. The minimum absolute atomic E-state index is 0.0417. The Morgan fingerprint density at radius 1 is 0.919 bits per heavy atom. The lowest BCUT2D eigenvalue weighted by Crippen LogP contribution is -2.55. The van der Waals surface area contributed by atoms with Crippen molar-refractivity contribution in [2.75, 3.05) is 43.1 Å². The van der Waals surface area contributed by atoms with Crippen molar-refractivity contribution >= 4 is 23.4 Å². The maximum atomic E-state index is 12.8. The lowest BCUT2D eigenvalue weighted by atomic mass is 9.57. The molecule has 0 radical (unpaired) electrons. The Labute approximate surface area is 219 Å². The van der Waals surface area contributed by atoms with Gasteiger partial charge in [0.25, 0.3) is 0 Å². The van der Waals surface area contributed by atoms with Gasteiger partial charge in [0.05, 0.1) is 13.0 Å². The van der Waals surface area contributed by atoms with E-state index in [4.69, 9.17) is 9.47 Å². The molecule has 7 heteroatoms. The number of esters is 1. The SMILES string of the molecule is COC(=O)C1CC2(CCN(c3cccc(N4C5CCC4CN(C(=O)OCc4ccccc4)C5)c3)CC2)C1. The maximum absolute atomic E-state index is 12.8. The Balaban J connectivity index is 1.06. The molecule has 2 aromatic rings. The minimum atomic E-state index is -0.207. The van der Waals surface area contributed by atoms with E-state index < -0.39 is 0 Å². The molecule has 2 unspecified atom stereocenters. The number of carbonyl (C=O) groups excluding carboxylic acids is 2. The fraction of sp³-hybridized carbons (Fsp3) is 0.533. The molecule has 7 nitrogen and oxygen atoms in total. The molecular formula is C30H37N3O4. The normalized spacial score (nSPS) is 24.6. The van der Waals surface area contributed by atoms with Crippen LogP contribution in [0, 0.1) is 11.3 Å². The molecule has 37 heavy (non-hydrogen) atoms. The molecule has 1 aliphatic carbocycles. The van der Waals surface area contributed by atoms with Crippen LogP contribution in [0.15, 0.2) is 54.6 Å². The lowest BCUT2D eigenvalue weighted by molar-refractivity contribution is -0.154. The summed E-state index contributed by atoms with van der Waals surface area (Å²) < 4.78 is 10.6. The van der Waals surface area contributed by atoms with Crippen LogP contribution in [0.4, 0.5) is 16.2 Å². The Bertz CT molecular complexity index is 1110. The molecule has 2 aromatic carbocycles. The van der Waals surface area contributed by atoms with Crippen LogP contribution in [0.5, 0.6) is 0 Å². The molecule has 0 aromatic heterocycles. The number of fused-ring (bicyclic) bond motifs is 2. The van der Waals surface area contributed by atoms with Gasteiger partial charge < -0.3 is 24.2 Å². The quantitative estimate of drug-likeness (QED) is 0.544. The van der Waals surface area contributed by atoms with Crippen molar-refractivity contribution in [3.8, 4) is 0 Å². The number of anilines is 2. The van der Waals surface area contributed by atoms with E-state index in [1.54, 1.807) is 0 Å². The first-order valence-corrected chi connectivity index (χ1v) is 13.7. The molecule has 1 saturated carbocycles. The van der Waals surface area contributed by atoms with Crippen LogP contribution >= 0.6 is 0 Å². The van der Waals surface area contributed by atoms with E-state index in [1.165, 1.54) is 18.5 Å². The highest BCUT2D eigenvalue weighted by Gasteiger charge is 2.49. The van der Waals surface area contributed by atoms with Gasteiger partial charge in [0.15, 0.2) is 0 Å². The van der Waals surface area contributed by atoms with Gasteiger partial charge >= 0.3 is 12.1 Å². The second-order valence-electron chi connectivity index (χ2n) is 11.4. The molecular weight excluding hydrogens is 466 g/mol. The van der Waals surface area contributed by atoms with E-state index in [0.29, 0.717) is 37.2 Å². The number of benzene rings is 2. The van der Waals surface area contributed by atoms with Gasteiger partial charge in [0, 0.05) is 49.6 Å². The zero-order valence-corrected chi connectivity index (χ0v) is 21.7. The number of piperazine rings is 1. The first kappa shape index (κ1) is 24.1. The number of likely N-dealkylation sites (tertiary alicyclic amines) is 1. The van der Waals surface area contributed by atoms with Crippen molar-refractivity contribution in [1.82, 2.24) is 4.90 Å². The number of nitrogens with zero attached hydrogens (tertiary/aromatic N) is 3. The molecule has 3 heterocycles. The van der Waals surface area contributed by atoms with Crippen molar-refractivity contribution in [3.05, 3.63) is 60.2 Å². The van der Waals surface area contributed by atoms with Gasteiger partial charge in [-0.1, -0.05) is 36.4 Å². The van der Waals surface area contributed by atoms with Gasteiger partial charge in [-0.15, -0.1) is 0 Å². The number of hydrogen-bond acceptors (Lipinski definition) is 6. The standard InChI is InChI=1S/C30H37N3O4/c1-36-28(34)23-17-30(18-23)12-14-31(15-13-30)24-8-5-9-25(16-24)33-26-10-11-27(33)20-32(19-26)29(35)37-21-22-6-3-2-4-7-22/h2-9,16,23,26-27H,10-15,17-21H2,1H3. The monoisotopic (exact) mass is 503 g/mol. The highest BCUT2D eigenvalue weighted by Crippen LogP contribution is 2.53. The average molecular weight is 504 g/mol. The molecule has 3 aliphatic heterocycles. The Morgan fingerprint density at radius 3 is 2.27 bits per heavy atom. The number of piperidine rings is 1. The fourth-order valence-electron chi connectivity index (χ4n) is 7.10. The zero-order chi connectivity index (χ0) is 25.4. The minimum Gasteiger partial charge on any atom is -0.469 e. The van der Waals surface area contributed by atoms with Crippen LogP contribution in [0.25, 0.3) is 0 Å². The highest BCUT2D eigenvalue weighted by atomic mass is 16.6.